The van der Waals surface area contributed by atoms with Crippen molar-refractivity contribution in [3.8, 4) is 5.69 Å². The van der Waals surface area contributed by atoms with Gasteiger partial charge in [-0.15, -0.1) is 16.4 Å². The number of ether oxygens (including phenoxy) is 1. The number of amides is 1. The molecule has 0 atom stereocenters. The summed E-state index contributed by atoms with van der Waals surface area (Å²) in [7, 11) is 0. The zero-order valence-electron chi connectivity index (χ0n) is 16.8. The summed E-state index contributed by atoms with van der Waals surface area (Å²) < 4.78 is 60.5. The Morgan fingerprint density at radius 2 is 1.85 bits per heavy atom. The third-order valence-corrected chi connectivity index (χ3v) is 5.57. The third-order valence-electron chi connectivity index (χ3n) is 4.48. The molecule has 0 bridgehead atoms. The highest BCUT2D eigenvalue weighted by Gasteiger charge is 2.42. The molecule has 12 heteroatoms. The van der Waals surface area contributed by atoms with Crippen molar-refractivity contribution in [2.45, 2.75) is 13.1 Å². The van der Waals surface area contributed by atoms with E-state index < -0.39 is 35.3 Å². The molecule has 1 N–H and O–H groups in total. The van der Waals surface area contributed by atoms with E-state index in [4.69, 9.17) is 4.74 Å². The van der Waals surface area contributed by atoms with Crippen LogP contribution in [-0.4, -0.2) is 33.5 Å². The number of hydrogen-bond acceptors (Lipinski definition) is 6. The first-order valence-corrected chi connectivity index (χ1v) is 10.3. The van der Waals surface area contributed by atoms with Crippen molar-refractivity contribution in [2.75, 3.05) is 11.9 Å². The molecule has 2 aromatic heterocycles. The van der Waals surface area contributed by atoms with Gasteiger partial charge in [0.1, 0.15) is 10.7 Å². The average Bonchev–Trinajstić information content (AvgIpc) is 3.39. The fourth-order valence-electron chi connectivity index (χ4n) is 3.07. The number of nitrogens with one attached hydrogen (secondary N) is 1. The number of thiophene rings is 1. The molecule has 0 aliphatic heterocycles. The number of anilines is 1. The van der Waals surface area contributed by atoms with Crippen LogP contribution in [0.15, 0.2) is 48.5 Å². The number of esters is 1. The predicted molar refractivity (Wildman–Crippen MR) is 112 cm³/mol. The lowest BCUT2D eigenvalue weighted by Crippen LogP contribution is -2.21. The summed E-state index contributed by atoms with van der Waals surface area (Å²) in [4.78, 5) is 24.9. The van der Waals surface area contributed by atoms with Crippen LogP contribution in [0.3, 0.4) is 0 Å². The second-order valence-corrected chi connectivity index (χ2v) is 7.79. The second-order valence-electron chi connectivity index (χ2n) is 6.71. The molecule has 0 spiro atoms. The molecule has 4 rings (SSSR count). The lowest BCUT2D eigenvalue weighted by molar-refractivity contribution is -0.143. The Hall–Kier alpha value is -3.80. The van der Waals surface area contributed by atoms with Gasteiger partial charge in [-0.25, -0.2) is 13.9 Å². The monoisotopic (exact) mass is 478 g/mol. The Labute approximate surface area is 187 Å². The van der Waals surface area contributed by atoms with Crippen molar-refractivity contribution in [3.05, 3.63) is 70.6 Å². The lowest BCUT2D eigenvalue weighted by atomic mass is 10.2. The molecule has 33 heavy (non-hydrogen) atoms. The first kappa shape index (κ1) is 22.4. The first-order valence-electron chi connectivity index (χ1n) is 9.48. The zero-order chi connectivity index (χ0) is 23.8. The summed E-state index contributed by atoms with van der Waals surface area (Å²) >= 11 is 1.19. The average molecular weight is 478 g/mol. The van der Waals surface area contributed by atoms with Gasteiger partial charge in [0.05, 0.1) is 12.3 Å². The second kappa shape index (κ2) is 8.62. The maximum atomic E-state index is 13.8. The Morgan fingerprint density at radius 1 is 1.12 bits per heavy atom. The van der Waals surface area contributed by atoms with Gasteiger partial charge in [-0.2, -0.15) is 13.2 Å². The minimum atomic E-state index is -4.96. The number of carbonyl (C=O) groups is 2. The number of rotatable bonds is 5. The van der Waals surface area contributed by atoms with Gasteiger partial charge in [-0.05, 0) is 60.8 Å². The minimum Gasteiger partial charge on any atom is -0.462 e. The fourth-order valence-corrected chi connectivity index (χ4v) is 4.00. The summed E-state index contributed by atoms with van der Waals surface area (Å²) in [5, 5.41) is 9.84. The molecule has 2 heterocycles. The molecule has 2 aromatic carbocycles. The van der Waals surface area contributed by atoms with Gasteiger partial charge in [-0.3, -0.25) is 4.79 Å². The van der Waals surface area contributed by atoms with Crippen LogP contribution >= 0.6 is 11.3 Å². The van der Waals surface area contributed by atoms with Gasteiger partial charge in [-0.1, -0.05) is 5.21 Å². The molecule has 1 amide bonds. The van der Waals surface area contributed by atoms with Crippen molar-refractivity contribution >= 4 is 39.0 Å². The number of aromatic nitrogens is 3. The molecule has 0 saturated carbocycles. The zero-order valence-corrected chi connectivity index (χ0v) is 17.6. The quantitative estimate of drug-likeness (QED) is 0.320. The van der Waals surface area contributed by atoms with Crippen molar-refractivity contribution in [1.82, 2.24) is 15.0 Å². The molecule has 0 radical (unpaired) electrons. The maximum absolute atomic E-state index is 13.8. The molecule has 7 nitrogen and oxygen atoms in total. The van der Waals surface area contributed by atoms with Gasteiger partial charge in [0.25, 0.3) is 5.91 Å². The van der Waals surface area contributed by atoms with Gasteiger partial charge >= 0.3 is 12.1 Å². The highest BCUT2D eigenvalue weighted by molar-refractivity contribution is 7.20. The Kier molecular flexibility index (Phi) is 5.85. The van der Waals surface area contributed by atoms with Gasteiger partial charge in [0, 0.05) is 10.4 Å². The minimum absolute atomic E-state index is 0.110. The molecule has 0 fully saturated rings. The number of nitrogens with zero attached hydrogens (tertiary/aromatic N) is 3. The van der Waals surface area contributed by atoms with Crippen LogP contribution < -0.4 is 5.32 Å². The van der Waals surface area contributed by atoms with E-state index in [1.807, 2.05) is 0 Å². The number of benzene rings is 2. The van der Waals surface area contributed by atoms with Crippen LogP contribution in [0, 0.1) is 5.82 Å². The molecular weight excluding hydrogens is 464 g/mol. The maximum Gasteiger partial charge on any atom is 0.435 e. The molecule has 0 saturated heterocycles. The summed E-state index contributed by atoms with van der Waals surface area (Å²) in [5.41, 5.74) is -2.25. The van der Waals surface area contributed by atoms with E-state index in [0.29, 0.717) is 14.9 Å². The van der Waals surface area contributed by atoms with Crippen molar-refractivity contribution < 1.29 is 31.9 Å². The van der Waals surface area contributed by atoms with Crippen molar-refractivity contribution in [3.63, 3.8) is 0 Å². The van der Waals surface area contributed by atoms with E-state index in [9.17, 15) is 27.2 Å². The van der Waals surface area contributed by atoms with E-state index >= 15 is 0 Å². The van der Waals surface area contributed by atoms with Crippen LogP contribution in [0.5, 0.6) is 0 Å². The van der Waals surface area contributed by atoms with Gasteiger partial charge in [0.15, 0.2) is 11.4 Å². The summed E-state index contributed by atoms with van der Waals surface area (Å²) in [6, 6.07) is 10.3. The lowest BCUT2D eigenvalue weighted by Gasteiger charge is -2.11. The predicted octanol–water partition coefficient (Wildman–Crippen LogP) is 5.07. The van der Waals surface area contributed by atoms with Crippen molar-refractivity contribution in [2.24, 2.45) is 0 Å². The largest absolute Gasteiger partial charge is 0.462 e. The third kappa shape index (κ3) is 4.55. The van der Waals surface area contributed by atoms with E-state index in [2.05, 4.69) is 15.6 Å². The summed E-state index contributed by atoms with van der Waals surface area (Å²) in [5.74, 6) is -2.26. The normalized spacial score (nSPS) is 11.5. The highest BCUT2D eigenvalue weighted by Crippen LogP contribution is 2.34. The number of fused-ring (bicyclic) bond motifs is 1. The molecule has 0 aliphatic rings. The molecule has 0 unspecified atom stereocenters. The topological polar surface area (TPSA) is 86.1 Å². The molecule has 0 aliphatic carbocycles. The van der Waals surface area contributed by atoms with Crippen LogP contribution in [0.1, 0.15) is 32.8 Å². The van der Waals surface area contributed by atoms with Crippen molar-refractivity contribution in [1.29, 1.82) is 0 Å². The van der Waals surface area contributed by atoms with E-state index in [0.717, 1.165) is 29.0 Å². The van der Waals surface area contributed by atoms with E-state index in [-0.39, 0.29) is 18.0 Å². The van der Waals surface area contributed by atoms with Crippen LogP contribution in [0.25, 0.3) is 15.8 Å². The number of halogens is 4. The first-order chi connectivity index (χ1) is 15.7. The van der Waals surface area contributed by atoms with Gasteiger partial charge in [0.2, 0.25) is 0 Å². The summed E-state index contributed by atoms with van der Waals surface area (Å²) in [6.45, 7) is 1.90. The highest BCUT2D eigenvalue weighted by atomic mass is 32.1. The Balaban J connectivity index is 1.65. The van der Waals surface area contributed by atoms with Crippen LogP contribution in [-0.2, 0) is 10.9 Å². The summed E-state index contributed by atoms with van der Waals surface area (Å²) in [6.07, 6.45) is -4.96. The smallest absolute Gasteiger partial charge is 0.435 e. The molecular formula is C21H14F4N4O3S. The van der Waals surface area contributed by atoms with E-state index in [1.165, 1.54) is 23.5 Å². The fraction of sp³-hybridized carbons (Fsp3) is 0.143. The molecule has 170 valence electrons. The Morgan fingerprint density at radius 3 is 2.52 bits per heavy atom. The Bertz CT molecular complexity index is 1350. The number of alkyl halides is 3. The number of hydrogen-bond donors (Lipinski definition) is 1. The van der Waals surface area contributed by atoms with Crippen LogP contribution in [0.4, 0.5) is 23.2 Å². The number of carbonyl (C=O) groups excluding carboxylic acids is 2. The van der Waals surface area contributed by atoms with Gasteiger partial charge < -0.3 is 10.1 Å². The molecule has 4 aromatic rings. The van der Waals surface area contributed by atoms with Crippen LogP contribution in [0.2, 0.25) is 0 Å². The standard InChI is InChI=1S/C21H14F4N4O3S/c1-2-32-20(31)16-10-11-9-13(5-8-15(11)33-16)26-19(30)17-18(21(23,24)25)29(28-27-17)14-6-3-12(22)4-7-14/h3-10H,2H2,1H3,(H,26,30). The van der Waals surface area contributed by atoms with E-state index in [1.54, 1.807) is 19.1 Å². The SMILES string of the molecule is CCOC(=O)c1cc2cc(NC(=O)c3nnn(-c4ccc(F)cc4)c3C(F)(F)F)ccc2s1.